The van der Waals surface area contributed by atoms with E-state index < -0.39 is 0 Å². The van der Waals surface area contributed by atoms with Crippen molar-refractivity contribution in [2.24, 2.45) is 11.3 Å². The van der Waals surface area contributed by atoms with Crippen LogP contribution in [0.25, 0.3) is 0 Å². The van der Waals surface area contributed by atoms with Gasteiger partial charge in [-0.2, -0.15) is 0 Å². The molecule has 1 aliphatic rings. The molecule has 2 unspecified atom stereocenters. The van der Waals surface area contributed by atoms with Crippen molar-refractivity contribution in [2.45, 2.75) is 47.1 Å². The number of hydrogen-bond donors (Lipinski definition) is 1. The number of aromatic nitrogens is 1. The van der Waals surface area contributed by atoms with Crippen LogP contribution in [0, 0.1) is 18.3 Å². The van der Waals surface area contributed by atoms with Gasteiger partial charge in [-0.25, -0.2) is 4.98 Å². The lowest BCUT2D eigenvalue weighted by molar-refractivity contribution is 0.263. The van der Waals surface area contributed by atoms with Crippen LogP contribution in [-0.4, -0.2) is 25.1 Å². The van der Waals surface area contributed by atoms with Gasteiger partial charge in [-0.3, -0.25) is 0 Å². The van der Waals surface area contributed by atoms with Gasteiger partial charge in [0.2, 0.25) is 0 Å². The Kier molecular flexibility index (Phi) is 4.21. The minimum atomic E-state index is 0.396. The third-order valence-electron chi connectivity index (χ3n) is 4.33. The van der Waals surface area contributed by atoms with Crippen LogP contribution < -0.4 is 10.2 Å². The number of aryl methyl sites for hydroxylation is 1. The lowest BCUT2D eigenvalue weighted by atomic mass is 9.80. The maximum absolute atomic E-state index is 4.78. The Hall–Kier alpha value is -0.610. The molecule has 1 saturated heterocycles. The average molecular weight is 281 g/mol. The summed E-state index contributed by atoms with van der Waals surface area (Å²) in [7, 11) is 2.01. The first-order chi connectivity index (χ1) is 8.82. The number of nitrogens with one attached hydrogen (secondary N) is 1. The summed E-state index contributed by atoms with van der Waals surface area (Å²) in [6.07, 6.45) is 1.29. The minimum Gasteiger partial charge on any atom is -0.348 e. The van der Waals surface area contributed by atoms with E-state index in [1.54, 1.807) is 0 Å². The first kappa shape index (κ1) is 14.8. The van der Waals surface area contributed by atoms with E-state index in [9.17, 15) is 0 Å². The van der Waals surface area contributed by atoms with Crippen LogP contribution in [0.4, 0.5) is 5.13 Å². The van der Waals surface area contributed by atoms with Gasteiger partial charge in [0, 0.05) is 24.0 Å². The van der Waals surface area contributed by atoms with E-state index in [2.05, 4.69) is 44.8 Å². The molecular weight excluding hydrogens is 254 g/mol. The van der Waals surface area contributed by atoms with Gasteiger partial charge in [0.05, 0.1) is 5.69 Å². The molecule has 19 heavy (non-hydrogen) atoms. The van der Waals surface area contributed by atoms with E-state index in [1.165, 1.54) is 22.1 Å². The van der Waals surface area contributed by atoms with E-state index in [1.807, 2.05) is 18.4 Å². The van der Waals surface area contributed by atoms with Crippen LogP contribution in [0.3, 0.4) is 0 Å². The van der Waals surface area contributed by atoms with E-state index >= 15 is 0 Å². The molecule has 0 aromatic carbocycles. The van der Waals surface area contributed by atoms with Crippen molar-refractivity contribution in [1.82, 2.24) is 10.3 Å². The molecule has 0 aliphatic carbocycles. The summed E-state index contributed by atoms with van der Waals surface area (Å²) in [6.45, 7) is 13.7. The number of nitrogens with zero attached hydrogens (tertiary/aromatic N) is 2. The van der Waals surface area contributed by atoms with E-state index in [0.29, 0.717) is 11.5 Å². The Morgan fingerprint density at radius 1 is 1.42 bits per heavy atom. The fourth-order valence-corrected chi connectivity index (χ4v) is 3.86. The monoisotopic (exact) mass is 281 g/mol. The standard InChI is InChI=1S/C15H27N3S/c1-10(16-6)13-11(2)17-14(19-13)18-8-7-12(9-18)15(3,4)5/h10,12,16H,7-9H2,1-6H3. The second-order valence-electron chi connectivity index (χ2n) is 6.75. The maximum atomic E-state index is 4.78. The van der Waals surface area contributed by atoms with Crippen LogP contribution in [0.2, 0.25) is 0 Å². The average Bonchev–Trinajstić information content (AvgIpc) is 2.93. The highest BCUT2D eigenvalue weighted by Gasteiger charge is 2.33. The van der Waals surface area contributed by atoms with E-state index in [4.69, 9.17) is 4.98 Å². The molecule has 0 bridgehead atoms. The first-order valence-electron chi connectivity index (χ1n) is 7.22. The van der Waals surface area contributed by atoms with Crippen LogP contribution in [0.15, 0.2) is 0 Å². The van der Waals surface area contributed by atoms with Crippen molar-refractivity contribution in [3.8, 4) is 0 Å². The quantitative estimate of drug-likeness (QED) is 0.917. The van der Waals surface area contributed by atoms with Gasteiger partial charge in [-0.05, 0) is 38.6 Å². The van der Waals surface area contributed by atoms with Crippen LogP contribution in [0.5, 0.6) is 0 Å². The molecule has 0 spiro atoms. The predicted molar refractivity (Wildman–Crippen MR) is 84.1 cm³/mol. The minimum absolute atomic E-state index is 0.396. The van der Waals surface area contributed by atoms with Crippen LogP contribution in [0.1, 0.15) is 50.7 Å². The van der Waals surface area contributed by atoms with Crippen LogP contribution >= 0.6 is 11.3 Å². The molecule has 1 fully saturated rings. The molecule has 0 amide bonds. The lowest BCUT2D eigenvalue weighted by Crippen LogP contribution is -2.25. The highest BCUT2D eigenvalue weighted by atomic mass is 32.1. The van der Waals surface area contributed by atoms with Gasteiger partial charge < -0.3 is 10.2 Å². The molecule has 1 aromatic rings. The molecule has 2 rings (SSSR count). The molecule has 1 aromatic heterocycles. The van der Waals surface area contributed by atoms with Crippen molar-refractivity contribution in [1.29, 1.82) is 0 Å². The zero-order valence-corrected chi connectivity index (χ0v) is 13.9. The molecule has 0 radical (unpaired) electrons. The summed E-state index contributed by atoms with van der Waals surface area (Å²) in [6, 6.07) is 0.396. The van der Waals surface area contributed by atoms with Gasteiger partial charge in [0.1, 0.15) is 0 Å². The highest BCUT2D eigenvalue weighted by Crippen LogP contribution is 2.38. The van der Waals surface area contributed by atoms with E-state index in [0.717, 1.165) is 19.0 Å². The Morgan fingerprint density at radius 3 is 2.63 bits per heavy atom. The molecule has 2 heterocycles. The first-order valence-corrected chi connectivity index (χ1v) is 8.04. The summed E-state index contributed by atoms with van der Waals surface area (Å²) in [5, 5.41) is 4.52. The predicted octanol–water partition coefficient (Wildman–Crippen LogP) is 3.60. The molecule has 2 atom stereocenters. The molecule has 3 nitrogen and oxygen atoms in total. The molecule has 4 heteroatoms. The third-order valence-corrected chi connectivity index (χ3v) is 5.73. The Labute approximate surface area is 121 Å². The van der Waals surface area contributed by atoms with Gasteiger partial charge in [-0.1, -0.05) is 20.8 Å². The molecular formula is C15H27N3S. The molecule has 0 saturated carbocycles. The summed E-state index contributed by atoms with van der Waals surface area (Å²) in [5.41, 5.74) is 1.59. The summed E-state index contributed by atoms with van der Waals surface area (Å²) in [5.74, 6) is 0.780. The number of hydrogen-bond acceptors (Lipinski definition) is 4. The summed E-state index contributed by atoms with van der Waals surface area (Å²) in [4.78, 5) is 8.63. The molecule has 1 aliphatic heterocycles. The van der Waals surface area contributed by atoms with Gasteiger partial charge >= 0.3 is 0 Å². The zero-order chi connectivity index (χ0) is 14.2. The van der Waals surface area contributed by atoms with Crippen LogP contribution in [-0.2, 0) is 0 Å². The van der Waals surface area contributed by atoms with Crippen molar-refractivity contribution < 1.29 is 0 Å². The highest BCUT2D eigenvalue weighted by molar-refractivity contribution is 7.15. The zero-order valence-electron chi connectivity index (χ0n) is 13.1. The number of anilines is 1. The smallest absolute Gasteiger partial charge is 0.185 e. The second kappa shape index (κ2) is 5.41. The SMILES string of the molecule is CNC(C)c1sc(N2CCC(C(C)(C)C)C2)nc1C. The topological polar surface area (TPSA) is 28.2 Å². The number of thiazole rings is 1. The van der Waals surface area contributed by atoms with Gasteiger partial charge in [0.15, 0.2) is 5.13 Å². The fourth-order valence-electron chi connectivity index (χ4n) is 2.70. The maximum Gasteiger partial charge on any atom is 0.185 e. The van der Waals surface area contributed by atoms with Gasteiger partial charge in [-0.15, -0.1) is 11.3 Å². The van der Waals surface area contributed by atoms with Crippen molar-refractivity contribution >= 4 is 16.5 Å². The van der Waals surface area contributed by atoms with Crippen molar-refractivity contribution in [3.05, 3.63) is 10.6 Å². The van der Waals surface area contributed by atoms with Crippen molar-refractivity contribution in [2.75, 3.05) is 25.0 Å². The molecule has 1 N–H and O–H groups in total. The largest absolute Gasteiger partial charge is 0.348 e. The molecule has 108 valence electrons. The fraction of sp³-hybridized carbons (Fsp3) is 0.800. The normalized spacial score (nSPS) is 22.0. The lowest BCUT2D eigenvalue weighted by Gasteiger charge is -2.26. The third kappa shape index (κ3) is 3.11. The second-order valence-corrected chi connectivity index (χ2v) is 7.76. The van der Waals surface area contributed by atoms with Gasteiger partial charge in [0.25, 0.3) is 0 Å². The summed E-state index contributed by atoms with van der Waals surface area (Å²) < 4.78 is 0. The number of rotatable bonds is 3. The Morgan fingerprint density at radius 2 is 2.11 bits per heavy atom. The van der Waals surface area contributed by atoms with Crippen molar-refractivity contribution in [3.63, 3.8) is 0 Å². The van der Waals surface area contributed by atoms with E-state index in [-0.39, 0.29) is 0 Å². The summed E-state index contributed by atoms with van der Waals surface area (Å²) >= 11 is 1.85. The Balaban J connectivity index is 2.12. The Bertz CT molecular complexity index is 433.